The average molecular weight is 294 g/mol. The van der Waals surface area contributed by atoms with Gasteiger partial charge in [0, 0.05) is 36.3 Å². The molecule has 0 aliphatic heterocycles. The molecule has 0 fully saturated rings. The van der Waals surface area contributed by atoms with Gasteiger partial charge in [0.25, 0.3) is 0 Å². The van der Waals surface area contributed by atoms with Crippen molar-refractivity contribution in [2.75, 3.05) is 13.2 Å². The monoisotopic (exact) mass is 294 g/mol. The maximum atomic E-state index is 12.3. The van der Waals surface area contributed by atoms with Gasteiger partial charge in [-0.2, -0.15) is 0 Å². The molecule has 0 spiro atoms. The number of aromatic nitrogens is 1. The number of aliphatic hydroxyl groups is 1. The second-order valence-electron chi connectivity index (χ2n) is 4.54. The molecular formula is C14H18N2O3S. The molecule has 0 saturated heterocycles. The first-order valence-electron chi connectivity index (χ1n) is 6.58. The Morgan fingerprint density at radius 2 is 2.00 bits per heavy atom. The Balaban J connectivity index is 2.15. The van der Waals surface area contributed by atoms with Gasteiger partial charge in [-0.15, -0.1) is 0 Å². The summed E-state index contributed by atoms with van der Waals surface area (Å²) in [6, 6.07) is 6.85. The Kier molecular flexibility index (Phi) is 5.05. The molecule has 6 heteroatoms. The lowest BCUT2D eigenvalue weighted by Crippen LogP contribution is -2.25. The number of pyridine rings is 1. The van der Waals surface area contributed by atoms with Gasteiger partial charge in [0.15, 0.2) is 0 Å². The summed E-state index contributed by atoms with van der Waals surface area (Å²) >= 11 is 0. The third kappa shape index (κ3) is 3.53. The molecule has 0 atom stereocenters. The molecule has 0 bridgehead atoms. The minimum atomic E-state index is -3.51. The average Bonchev–Trinajstić information content (AvgIpc) is 2.46. The molecule has 0 amide bonds. The van der Waals surface area contributed by atoms with Crippen LogP contribution in [0.25, 0.3) is 10.8 Å². The summed E-state index contributed by atoms with van der Waals surface area (Å²) in [7, 11) is -3.51. The summed E-state index contributed by atoms with van der Waals surface area (Å²) in [5.41, 5.74) is 0. The SMILES string of the molecule is O=S(=O)(NCCCCCO)c1cccc2cnccc12. The van der Waals surface area contributed by atoms with E-state index in [2.05, 4.69) is 9.71 Å². The van der Waals surface area contributed by atoms with Crippen molar-refractivity contribution in [2.45, 2.75) is 24.2 Å². The fourth-order valence-corrected chi connectivity index (χ4v) is 3.33. The predicted molar refractivity (Wildman–Crippen MR) is 77.9 cm³/mol. The highest BCUT2D eigenvalue weighted by molar-refractivity contribution is 7.89. The minimum absolute atomic E-state index is 0.142. The molecule has 0 aliphatic rings. The first-order chi connectivity index (χ1) is 9.65. The topological polar surface area (TPSA) is 79.3 Å². The van der Waals surface area contributed by atoms with Gasteiger partial charge < -0.3 is 5.11 Å². The van der Waals surface area contributed by atoms with Crippen molar-refractivity contribution in [3.8, 4) is 0 Å². The summed E-state index contributed by atoms with van der Waals surface area (Å²) < 4.78 is 27.2. The zero-order valence-electron chi connectivity index (χ0n) is 11.1. The van der Waals surface area contributed by atoms with E-state index in [0.717, 1.165) is 11.8 Å². The lowest BCUT2D eigenvalue weighted by atomic mass is 10.2. The van der Waals surface area contributed by atoms with Crippen molar-refractivity contribution in [1.29, 1.82) is 0 Å². The van der Waals surface area contributed by atoms with Crippen molar-refractivity contribution in [3.63, 3.8) is 0 Å². The maximum absolute atomic E-state index is 12.3. The van der Waals surface area contributed by atoms with Gasteiger partial charge in [0.2, 0.25) is 10.0 Å². The molecule has 20 heavy (non-hydrogen) atoms. The molecule has 0 unspecified atom stereocenters. The Bertz CT molecular complexity index is 666. The molecule has 1 aromatic heterocycles. The summed E-state index contributed by atoms with van der Waals surface area (Å²) in [5.74, 6) is 0. The van der Waals surface area contributed by atoms with Crippen LogP contribution in [0.15, 0.2) is 41.6 Å². The number of hydrogen-bond donors (Lipinski definition) is 2. The first kappa shape index (κ1) is 14.9. The van der Waals surface area contributed by atoms with Crippen LogP contribution < -0.4 is 4.72 Å². The number of hydrogen-bond acceptors (Lipinski definition) is 4. The lowest BCUT2D eigenvalue weighted by molar-refractivity contribution is 0.283. The number of nitrogens with one attached hydrogen (secondary N) is 1. The molecule has 1 aromatic carbocycles. The van der Waals surface area contributed by atoms with E-state index >= 15 is 0 Å². The molecule has 1 heterocycles. The second-order valence-corrected chi connectivity index (χ2v) is 6.27. The summed E-state index contributed by atoms with van der Waals surface area (Å²) in [6.45, 7) is 0.521. The zero-order valence-corrected chi connectivity index (χ0v) is 11.9. The standard InChI is InChI=1S/C14H18N2O3S/c17-10-3-1-2-8-16-20(18,19)14-6-4-5-12-11-15-9-7-13(12)14/h4-7,9,11,16-17H,1-3,8,10H2. The number of nitrogens with zero attached hydrogens (tertiary/aromatic N) is 1. The number of unbranched alkanes of at least 4 members (excludes halogenated alkanes) is 2. The molecule has 0 radical (unpaired) electrons. The summed E-state index contributed by atoms with van der Waals surface area (Å²) in [6.07, 6.45) is 5.45. The van der Waals surface area contributed by atoms with Crippen molar-refractivity contribution in [2.24, 2.45) is 0 Å². The van der Waals surface area contributed by atoms with Crippen molar-refractivity contribution >= 4 is 20.8 Å². The highest BCUT2D eigenvalue weighted by atomic mass is 32.2. The van der Waals surface area contributed by atoms with Crippen LogP contribution in [0.4, 0.5) is 0 Å². The summed E-state index contributed by atoms with van der Waals surface area (Å²) in [5, 5.41) is 10.2. The van der Waals surface area contributed by atoms with E-state index in [1.807, 2.05) is 6.07 Å². The summed E-state index contributed by atoms with van der Waals surface area (Å²) in [4.78, 5) is 4.27. The number of aliphatic hydroxyl groups excluding tert-OH is 1. The van der Waals surface area contributed by atoms with E-state index in [4.69, 9.17) is 5.11 Å². The van der Waals surface area contributed by atoms with Crippen LogP contribution in [0.2, 0.25) is 0 Å². The number of fused-ring (bicyclic) bond motifs is 1. The predicted octanol–water partition coefficient (Wildman–Crippen LogP) is 1.68. The Labute approximate surface area is 118 Å². The van der Waals surface area contributed by atoms with E-state index in [1.54, 1.807) is 30.6 Å². The molecule has 0 aliphatic carbocycles. The molecule has 2 rings (SSSR count). The van der Waals surface area contributed by atoms with Gasteiger partial charge in [-0.05, 0) is 31.4 Å². The smallest absolute Gasteiger partial charge is 0.241 e. The van der Waals surface area contributed by atoms with Gasteiger partial charge in [-0.25, -0.2) is 13.1 Å². The van der Waals surface area contributed by atoms with Crippen LogP contribution >= 0.6 is 0 Å². The Morgan fingerprint density at radius 3 is 2.80 bits per heavy atom. The Hall–Kier alpha value is -1.50. The van der Waals surface area contributed by atoms with Crippen LogP contribution in [0, 0.1) is 0 Å². The van der Waals surface area contributed by atoms with Gasteiger partial charge in [-0.1, -0.05) is 12.1 Å². The fraction of sp³-hybridized carbons (Fsp3) is 0.357. The second kappa shape index (κ2) is 6.78. The molecule has 108 valence electrons. The fourth-order valence-electron chi connectivity index (χ4n) is 2.03. The number of rotatable bonds is 7. The molecule has 2 aromatic rings. The highest BCUT2D eigenvalue weighted by Crippen LogP contribution is 2.21. The van der Waals surface area contributed by atoms with Crippen LogP contribution in [-0.2, 0) is 10.0 Å². The van der Waals surface area contributed by atoms with Gasteiger partial charge in [-0.3, -0.25) is 4.98 Å². The van der Waals surface area contributed by atoms with Crippen LogP contribution in [0.3, 0.4) is 0 Å². The van der Waals surface area contributed by atoms with Crippen LogP contribution in [0.5, 0.6) is 0 Å². The van der Waals surface area contributed by atoms with E-state index in [9.17, 15) is 8.42 Å². The molecule has 2 N–H and O–H groups in total. The number of sulfonamides is 1. The first-order valence-corrected chi connectivity index (χ1v) is 8.07. The third-order valence-corrected chi connectivity index (χ3v) is 4.58. The normalized spacial score (nSPS) is 11.8. The van der Waals surface area contributed by atoms with Crippen molar-refractivity contribution < 1.29 is 13.5 Å². The van der Waals surface area contributed by atoms with Gasteiger partial charge in [0.1, 0.15) is 0 Å². The van der Waals surface area contributed by atoms with E-state index in [0.29, 0.717) is 24.8 Å². The molecule has 5 nitrogen and oxygen atoms in total. The molecule has 0 saturated carbocycles. The lowest BCUT2D eigenvalue weighted by Gasteiger charge is -2.09. The largest absolute Gasteiger partial charge is 0.396 e. The molecular weight excluding hydrogens is 276 g/mol. The zero-order chi connectivity index (χ0) is 14.4. The maximum Gasteiger partial charge on any atom is 0.241 e. The highest BCUT2D eigenvalue weighted by Gasteiger charge is 2.16. The van der Waals surface area contributed by atoms with E-state index < -0.39 is 10.0 Å². The van der Waals surface area contributed by atoms with Gasteiger partial charge in [0.05, 0.1) is 4.90 Å². The van der Waals surface area contributed by atoms with E-state index in [1.165, 1.54) is 0 Å². The Morgan fingerprint density at radius 1 is 1.15 bits per heavy atom. The number of benzene rings is 1. The van der Waals surface area contributed by atoms with Crippen molar-refractivity contribution in [1.82, 2.24) is 9.71 Å². The van der Waals surface area contributed by atoms with E-state index in [-0.39, 0.29) is 11.5 Å². The third-order valence-electron chi connectivity index (χ3n) is 3.06. The minimum Gasteiger partial charge on any atom is -0.396 e. The van der Waals surface area contributed by atoms with Crippen molar-refractivity contribution in [3.05, 3.63) is 36.7 Å². The van der Waals surface area contributed by atoms with Crippen LogP contribution in [-0.4, -0.2) is 31.7 Å². The van der Waals surface area contributed by atoms with Crippen LogP contribution in [0.1, 0.15) is 19.3 Å². The van der Waals surface area contributed by atoms with Gasteiger partial charge >= 0.3 is 0 Å². The quantitative estimate of drug-likeness (QED) is 0.761.